The number of likely N-dealkylation sites (N-methyl/N-ethyl adjacent to an activating group) is 1. The summed E-state index contributed by atoms with van der Waals surface area (Å²) in [6, 6.07) is 3.15. The molecule has 1 aromatic carbocycles. The van der Waals surface area contributed by atoms with Crippen molar-refractivity contribution < 1.29 is 31.2 Å². The number of amides is 1. The number of hydrogen-bond acceptors (Lipinski definition) is 7. The normalized spacial score (nSPS) is 18.8. The third-order valence-electron chi connectivity index (χ3n) is 4.24. The molecule has 0 aliphatic carbocycles. The van der Waals surface area contributed by atoms with Crippen molar-refractivity contribution in [2.45, 2.75) is 24.3 Å². The van der Waals surface area contributed by atoms with Crippen molar-refractivity contribution in [2.75, 3.05) is 31.7 Å². The van der Waals surface area contributed by atoms with Gasteiger partial charge in [-0.1, -0.05) is 18.5 Å². The molecule has 0 spiro atoms. The molecule has 0 bridgehead atoms. The van der Waals surface area contributed by atoms with E-state index >= 15 is 0 Å². The quantitative estimate of drug-likeness (QED) is 0.594. The third kappa shape index (κ3) is 5.22. The van der Waals surface area contributed by atoms with Crippen molar-refractivity contribution in [3.63, 3.8) is 0 Å². The van der Waals surface area contributed by atoms with E-state index < -0.39 is 44.3 Å². The Bertz CT molecular complexity index is 977. The number of halogens is 1. The van der Waals surface area contributed by atoms with Gasteiger partial charge in [0.2, 0.25) is 15.9 Å². The molecule has 9 nitrogen and oxygen atoms in total. The summed E-state index contributed by atoms with van der Waals surface area (Å²) in [5.41, 5.74) is 0.00198. The minimum Gasteiger partial charge on any atom is -0.465 e. The van der Waals surface area contributed by atoms with E-state index in [1.165, 1.54) is 12.1 Å². The zero-order chi connectivity index (χ0) is 21.1. The van der Waals surface area contributed by atoms with Crippen molar-refractivity contribution >= 4 is 43.3 Å². The van der Waals surface area contributed by atoms with E-state index in [9.17, 15) is 26.4 Å². The van der Waals surface area contributed by atoms with E-state index in [-0.39, 0.29) is 33.5 Å². The van der Waals surface area contributed by atoms with Gasteiger partial charge in [0.05, 0.1) is 35.7 Å². The molecule has 1 atom stereocenters. The molecule has 0 radical (unpaired) electrons. The second-order valence-electron chi connectivity index (χ2n) is 6.24. The second kappa shape index (κ2) is 8.76. The van der Waals surface area contributed by atoms with Crippen LogP contribution in [0.15, 0.2) is 23.1 Å². The number of sulfonamides is 1. The number of nitrogens with zero attached hydrogens (tertiary/aromatic N) is 1. The van der Waals surface area contributed by atoms with Crippen LogP contribution in [0.25, 0.3) is 0 Å². The Labute approximate surface area is 169 Å². The first-order chi connectivity index (χ1) is 13.0. The van der Waals surface area contributed by atoms with Gasteiger partial charge in [-0.15, -0.1) is 0 Å². The number of sulfone groups is 1. The first-order valence-electron chi connectivity index (χ1n) is 8.38. The van der Waals surface area contributed by atoms with Crippen LogP contribution in [0.3, 0.4) is 0 Å². The van der Waals surface area contributed by atoms with Crippen molar-refractivity contribution in [1.29, 1.82) is 0 Å². The summed E-state index contributed by atoms with van der Waals surface area (Å²) in [7, 11) is -6.19. The summed E-state index contributed by atoms with van der Waals surface area (Å²) in [4.78, 5) is 23.6. The van der Waals surface area contributed by atoms with Crippen molar-refractivity contribution in [1.82, 2.24) is 9.62 Å². The summed E-state index contributed by atoms with van der Waals surface area (Å²) < 4.78 is 54.3. The number of carbonyl (C=O) groups is 2. The van der Waals surface area contributed by atoms with Crippen molar-refractivity contribution in [2.24, 2.45) is 0 Å². The van der Waals surface area contributed by atoms with Gasteiger partial charge in [-0.25, -0.2) is 21.6 Å². The summed E-state index contributed by atoms with van der Waals surface area (Å²) in [5.74, 6) is -1.52. The molecule has 1 aliphatic heterocycles. The zero-order valence-electron chi connectivity index (χ0n) is 15.3. The maximum atomic E-state index is 12.9. The molecule has 0 saturated carbocycles. The zero-order valence-corrected chi connectivity index (χ0v) is 17.7. The SMILES string of the molecule is CCN(CC(=O)NC1CCS(=O)(=O)C1)S(=O)(=O)c1cc(C(=O)OC)ccc1Cl. The monoisotopic (exact) mass is 452 g/mol. The minimum atomic E-state index is -4.18. The van der Waals surface area contributed by atoms with Crippen LogP contribution in [0.1, 0.15) is 23.7 Å². The molecule has 1 aliphatic rings. The number of hydrogen-bond donors (Lipinski definition) is 1. The maximum Gasteiger partial charge on any atom is 0.337 e. The van der Waals surface area contributed by atoms with Crippen LogP contribution >= 0.6 is 11.6 Å². The summed E-state index contributed by atoms with van der Waals surface area (Å²) in [6.07, 6.45) is 0.292. The van der Waals surface area contributed by atoms with Crippen LogP contribution < -0.4 is 5.32 Å². The van der Waals surface area contributed by atoms with E-state index in [1.807, 2.05) is 0 Å². The molecule has 1 amide bonds. The Balaban J connectivity index is 2.20. The van der Waals surface area contributed by atoms with Gasteiger partial charge in [-0.2, -0.15) is 4.31 Å². The molecular weight excluding hydrogens is 432 g/mol. The molecule has 0 aromatic heterocycles. The van der Waals surface area contributed by atoms with E-state index in [2.05, 4.69) is 10.1 Å². The Morgan fingerprint density at radius 3 is 2.57 bits per heavy atom. The smallest absolute Gasteiger partial charge is 0.337 e. The number of carbonyl (C=O) groups excluding carboxylic acids is 2. The molecule has 12 heteroatoms. The molecule has 1 fully saturated rings. The highest BCUT2D eigenvalue weighted by molar-refractivity contribution is 7.91. The summed E-state index contributed by atoms with van der Waals surface area (Å²) in [6.45, 7) is 1.01. The highest BCUT2D eigenvalue weighted by atomic mass is 35.5. The lowest BCUT2D eigenvalue weighted by molar-refractivity contribution is -0.121. The second-order valence-corrected chi connectivity index (χ2v) is 10.8. The largest absolute Gasteiger partial charge is 0.465 e. The van der Waals surface area contributed by atoms with Crippen LogP contribution in [-0.2, 0) is 29.4 Å². The lowest BCUT2D eigenvalue weighted by Crippen LogP contribution is -2.44. The third-order valence-corrected chi connectivity index (χ3v) is 8.41. The number of nitrogens with one attached hydrogen (secondary N) is 1. The highest BCUT2D eigenvalue weighted by Crippen LogP contribution is 2.26. The van der Waals surface area contributed by atoms with Crippen molar-refractivity contribution in [3.05, 3.63) is 28.8 Å². The van der Waals surface area contributed by atoms with Crippen molar-refractivity contribution in [3.8, 4) is 0 Å². The molecule has 1 N–H and O–H groups in total. The van der Waals surface area contributed by atoms with E-state index in [0.29, 0.717) is 6.42 Å². The topological polar surface area (TPSA) is 127 Å². The fourth-order valence-corrected chi connectivity index (χ4v) is 6.37. The van der Waals surface area contributed by atoms with Gasteiger partial charge in [-0.05, 0) is 24.6 Å². The van der Waals surface area contributed by atoms with Gasteiger partial charge in [-0.3, -0.25) is 4.79 Å². The van der Waals surface area contributed by atoms with E-state index in [0.717, 1.165) is 17.5 Å². The molecule has 1 heterocycles. The average Bonchev–Trinajstić information content (AvgIpc) is 2.97. The van der Waals surface area contributed by atoms with Gasteiger partial charge < -0.3 is 10.1 Å². The Morgan fingerprint density at radius 1 is 1.36 bits per heavy atom. The highest BCUT2D eigenvalue weighted by Gasteiger charge is 2.32. The van der Waals surface area contributed by atoms with Gasteiger partial charge >= 0.3 is 5.97 Å². The van der Waals surface area contributed by atoms with Crippen LogP contribution in [0.2, 0.25) is 5.02 Å². The lowest BCUT2D eigenvalue weighted by atomic mass is 10.2. The Kier molecular flexibility index (Phi) is 7.07. The first-order valence-corrected chi connectivity index (χ1v) is 12.0. The number of rotatable bonds is 7. The molecule has 2 rings (SSSR count). The molecule has 1 saturated heterocycles. The predicted molar refractivity (Wildman–Crippen MR) is 102 cm³/mol. The fraction of sp³-hybridized carbons (Fsp3) is 0.500. The minimum absolute atomic E-state index is 0.00198. The average molecular weight is 453 g/mol. The molecule has 156 valence electrons. The van der Waals surface area contributed by atoms with E-state index in [1.54, 1.807) is 6.92 Å². The van der Waals surface area contributed by atoms with Crippen LogP contribution in [0, 0.1) is 0 Å². The molecule has 1 unspecified atom stereocenters. The predicted octanol–water partition coefficient (Wildman–Crippen LogP) is 0.441. The standard InChI is InChI=1S/C16H21ClN2O7S2/c1-3-19(9-15(20)18-12-6-7-27(22,23)10-12)28(24,25)14-8-11(16(21)26-2)4-5-13(14)17/h4-5,8,12H,3,6-7,9-10H2,1-2H3,(H,18,20). The summed E-state index contributed by atoms with van der Waals surface area (Å²) >= 11 is 6.01. The molecular formula is C16H21ClN2O7S2. The molecule has 28 heavy (non-hydrogen) atoms. The number of methoxy groups -OCH3 is 1. The maximum absolute atomic E-state index is 12.9. The van der Waals surface area contributed by atoms with Gasteiger partial charge in [0.1, 0.15) is 4.90 Å². The van der Waals surface area contributed by atoms with Gasteiger partial charge in [0, 0.05) is 12.6 Å². The van der Waals surface area contributed by atoms with Crippen LogP contribution in [-0.4, -0.2) is 70.8 Å². The number of esters is 1. The fourth-order valence-electron chi connectivity index (χ4n) is 2.79. The first kappa shape index (κ1) is 22.6. The van der Waals surface area contributed by atoms with E-state index in [4.69, 9.17) is 11.6 Å². The van der Waals surface area contributed by atoms with Gasteiger partial charge in [0.15, 0.2) is 9.84 Å². The van der Waals surface area contributed by atoms with Crippen LogP contribution in [0.5, 0.6) is 0 Å². The number of ether oxygens (including phenoxy) is 1. The molecule has 1 aromatic rings. The summed E-state index contributed by atoms with van der Waals surface area (Å²) in [5, 5.41) is 2.44. The Hall–Kier alpha value is -1.69. The van der Waals surface area contributed by atoms with Crippen LogP contribution in [0.4, 0.5) is 0 Å². The number of benzene rings is 1. The lowest BCUT2D eigenvalue weighted by Gasteiger charge is -2.22. The van der Waals surface area contributed by atoms with Gasteiger partial charge in [0.25, 0.3) is 0 Å². The Morgan fingerprint density at radius 2 is 2.04 bits per heavy atom.